The van der Waals surface area contributed by atoms with Crippen molar-refractivity contribution in [3.05, 3.63) is 23.5 Å². The Morgan fingerprint density at radius 2 is 1.95 bits per heavy atom. The lowest BCUT2D eigenvalue weighted by molar-refractivity contribution is -0.163. The number of hydrogen-bond donors (Lipinski definition) is 5. The molecular weight excluding hydrogens is 568 g/mol. The smallest absolute Gasteiger partial charge is 0.323 e. The van der Waals surface area contributed by atoms with E-state index in [1.54, 1.807) is 20.8 Å². The number of aromatic nitrogens is 1. The monoisotopic (exact) mass is 614 g/mol. The number of ether oxygens (including phenoxy) is 3. The zero-order valence-corrected chi connectivity index (χ0v) is 26.2. The van der Waals surface area contributed by atoms with E-state index >= 15 is 0 Å². The molecule has 13 nitrogen and oxygen atoms in total. The van der Waals surface area contributed by atoms with Crippen LogP contribution < -0.4 is 11.1 Å². The summed E-state index contributed by atoms with van der Waals surface area (Å²) in [5, 5.41) is 32.1. The lowest BCUT2D eigenvalue weighted by Gasteiger charge is -2.28. The van der Waals surface area contributed by atoms with Crippen molar-refractivity contribution in [1.29, 1.82) is 10.7 Å². The van der Waals surface area contributed by atoms with Gasteiger partial charge in [0.05, 0.1) is 11.4 Å². The fourth-order valence-corrected chi connectivity index (χ4v) is 5.56. The molecule has 1 aromatic heterocycles. The summed E-state index contributed by atoms with van der Waals surface area (Å²) in [7, 11) is 0. The average molecular weight is 615 g/mol. The summed E-state index contributed by atoms with van der Waals surface area (Å²) >= 11 is 0. The molecule has 2 aliphatic rings. The average Bonchev–Trinajstić information content (AvgIpc) is 3.73. The Morgan fingerprint density at radius 1 is 1.30 bits per heavy atom. The number of amidine groups is 1. The first kappa shape index (κ1) is 34.9. The van der Waals surface area contributed by atoms with E-state index in [2.05, 4.69) is 15.3 Å². The Morgan fingerprint density at radius 3 is 2.52 bits per heavy atom. The van der Waals surface area contributed by atoms with Crippen LogP contribution >= 0.6 is 0 Å². The third-order valence-electron chi connectivity index (χ3n) is 8.51. The highest BCUT2D eigenvalue weighted by Crippen LogP contribution is 2.41. The van der Waals surface area contributed by atoms with E-state index < -0.39 is 47.3 Å². The number of carbonyl (C=O) groups excluding carboxylic acids is 3. The van der Waals surface area contributed by atoms with Crippen molar-refractivity contribution in [2.75, 3.05) is 6.61 Å². The molecular formula is C31H46N6O7. The maximum Gasteiger partial charge on any atom is 0.323 e. The highest BCUT2D eigenvalue weighted by molar-refractivity contribution is 6.09. The van der Waals surface area contributed by atoms with Crippen molar-refractivity contribution in [3.8, 4) is 6.07 Å². The number of hydrogen-bond acceptors (Lipinski definition) is 10. The number of aliphatic hydroxyl groups is 1. The predicted molar refractivity (Wildman–Crippen MR) is 161 cm³/mol. The second-order valence-corrected chi connectivity index (χ2v) is 12.6. The summed E-state index contributed by atoms with van der Waals surface area (Å²) in [6, 6.07) is 3.95. The van der Waals surface area contributed by atoms with Gasteiger partial charge in [-0.05, 0) is 49.1 Å². The predicted octanol–water partition coefficient (Wildman–Crippen LogP) is 2.81. The molecule has 0 radical (unpaired) electrons. The molecule has 5 atom stereocenters. The quantitative estimate of drug-likeness (QED) is 0.133. The van der Waals surface area contributed by atoms with Crippen molar-refractivity contribution in [2.45, 2.75) is 110 Å². The molecule has 242 valence electrons. The Balaban J connectivity index is 1.90. The molecule has 1 saturated carbocycles. The Labute approximate surface area is 258 Å². The van der Waals surface area contributed by atoms with Crippen molar-refractivity contribution in [2.24, 2.45) is 28.0 Å². The molecule has 6 N–H and O–H groups in total. The molecule has 1 aromatic rings. The molecule has 1 amide bonds. The van der Waals surface area contributed by atoms with E-state index in [1.165, 1.54) is 12.1 Å². The molecule has 3 rings (SSSR count). The lowest BCUT2D eigenvalue weighted by atomic mass is 9.87. The molecule has 1 saturated heterocycles. The van der Waals surface area contributed by atoms with E-state index in [9.17, 15) is 24.8 Å². The van der Waals surface area contributed by atoms with Crippen LogP contribution in [0.15, 0.2) is 17.1 Å². The third kappa shape index (κ3) is 7.91. The van der Waals surface area contributed by atoms with Crippen molar-refractivity contribution < 1.29 is 33.7 Å². The SMILES string of the molecule is CCC(CC)C(=O)N/C(=N/C=N)c1ccc([C@]2(C#N)O[C@H](COC(=O)CC3CCCC3)[C@@H](OC(=O)[C@H](N)C(C)(C)C)[C@H]2O)[nH]1. The van der Waals surface area contributed by atoms with Crippen LogP contribution in [0.1, 0.15) is 91.0 Å². The number of nitrogens with zero attached hydrogens (tertiary/aromatic N) is 2. The van der Waals surface area contributed by atoms with Gasteiger partial charge in [-0.1, -0.05) is 47.5 Å². The van der Waals surface area contributed by atoms with Gasteiger partial charge in [-0.3, -0.25) is 19.8 Å². The first-order valence-corrected chi connectivity index (χ1v) is 15.3. The summed E-state index contributed by atoms with van der Waals surface area (Å²) in [5.74, 6) is -1.51. The third-order valence-corrected chi connectivity index (χ3v) is 8.51. The minimum Gasteiger partial charge on any atom is -0.463 e. The number of rotatable bonds is 12. The minimum atomic E-state index is -2.08. The Hall–Kier alpha value is -3.60. The van der Waals surface area contributed by atoms with E-state index in [1.807, 2.05) is 19.9 Å². The highest BCUT2D eigenvalue weighted by Gasteiger charge is 2.59. The van der Waals surface area contributed by atoms with Crippen molar-refractivity contribution >= 4 is 30.0 Å². The number of nitrogens with one attached hydrogen (secondary N) is 3. The van der Waals surface area contributed by atoms with Gasteiger partial charge < -0.3 is 35.4 Å². The second-order valence-electron chi connectivity index (χ2n) is 12.6. The number of aliphatic hydroxyl groups excluding tert-OH is 1. The van der Waals surface area contributed by atoms with Crippen molar-refractivity contribution in [1.82, 2.24) is 10.3 Å². The normalized spacial score (nSPS) is 25.0. The molecule has 44 heavy (non-hydrogen) atoms. The number of nitrogens with two attached hydrogens (primary N) is 1. The van der Waals surface area contributed by atoms with Crippen LogP contribution in [0.5, 0.6) is 0 Å². The van der Waals surface area contributed by atoms with Gasteiger partial charge in [0.25, 0.3) is 0 Å². The van der Waals surface area contributed by atoms with Crippen molar-refractivity contribution in [3.63, 3.8) is 0 Å². The van der Waals surface area contributed by atoms with Crippen LogP contribution in [0.2, 0.25) is 0 Å². The topological polar surface area (TPSA) is 213 Å². The summed E-state index contributed by atoms with van der Waals surface area (Å²) in [6.45, 7) is 8.70. The Bertz CT molecular complexity index is 1250. The first-order chi connectivity index (χ1) is 20.8. The number of aliphatic imine (C=N–C) groups is 1. The molecule has 0 aromatic carbocycles. The largest absolute Gasteiger partial charge is 0.463 e. The number of H-pyrrole nitrogens is 1. The Kier molecular flexibility index (Phi) is 11.8. The van der Waals surface area contributed by atoms with Crippen LogP contribution in [0.25, 0.3) is 0 Å². The minimum absolute atomic E-state index is 0.0419. The first-order valence-electron chi connectivity index (χ1n) is 15.3. The van der Waals surface area contributed by atoms with Gasteiger partial charge in [0.2, 0.25) is 11.5 Å². The van der Waals surface area contributed by atoms with Crippen LogP contribution in [-0.2, 0) is 34.2 Å². The maximum atomic E-state index is 13.0. The molecule has 0 unspecified atom stereocenters. The summed E-state index contributed by atoms with van der Waals surface area (Å²) in [4.78, 5) is 45.3. The van der Waals surface area contributed by atoms with E-state index in [-0.39, 0.29) is 48.0 Å². The van der Waals surface area contributed by atoms with Gasteiger partial charge in [0.1, 0.15) is 37.3 Å². The zero-order chi connectivity index (χ0) is 32.7. The molecule has 1 aliphatic carbocycles. The van der Waals surface area contributed by atoms with Gasteiger partial charge in [-0.25, -0.2) is 4.99 Å². The zero-order valence-electron chi connectivity index (χ0n) is 26.2. The lowest BCUT2D eigenvalue weighted by Crippen LogP contribution is -2.49. The standard InChI is InChI=1S/C31H46N6O7/c1-6-19(7-2)28(40)37-27(35-17-33)20-12-13-22(36-20)31(16-32)26(39)24(43-29(41)25(34)30(3,4)5)21(44-31)15-42-23(38)14-18-10-8-9-11-18/h12-13,17-19,21,24-26,36,39H,6-11,14-15,34H2,1-5H3,(H2,33,35,37,40)/t21-,24-,25+,26-,31+/m1/s1. The van der Waals surface area contributed by atoms with E-state index in [4.69, 9.17) is 25.4 Å². The molecule has 0 spiro atoms. The summed E-state index contributed by atoms with van der Waals surface area (Å²) in [6.07, 6.45) is 1.98. The number of aromatic amines is 1. The summed E-state index contributed by atoms with van der Waals surface area (Å²) < 4.78 is 17.3. The molecule has 2 heterocycles. The van der Waals surface area contributed by atoms with Gasteiger partial charge in [0, 0.05) is 12.3 Å². The van der Waals surface area contributed by atoms with Gasteiger partial charge in [0.15, 0.2) is 11.9 Å². The van der Waals surface area contributed by atoms with Gasteiger partial charge >= 0.3 is 11.9 Å². The van der Waals surface area contributed by atoms with Gasteiger partial charge in [-0.2, -0.15) is 5.26 Å². The van der Waals surface area contributed by atoms with Crippen LogP contribution in [0, 0.1) is 34.0 Å². The summed E-state index contributed by atoms with van der Waals surface area (Å²) in [5.41, 5.74) is 3.71. The second kappa shape index (κ2) is 14.9. The fraction of sp³-hybridized carbons (Fsp3) is 0.677. The number of carbonyl (C=O) groups is 3. The van der Waals surface area contributed by atoms with Gasteiger partial charge in [-0.15, -0.1) is 0 Å². The molecule has 13 heteroatoms. The molecule has 1 aliphatic heterocycles. The number of esters is 2. The highest BCUT2D eigenvalue weighted by atomic mass is 16.6. The van der Waals surface area contributed by atoms with Crippen LogP contribution in [0.4, 0.5) is 0 Å². The number of nitriles is 1. The fourth-order valence-electron chi connectivity index (χ4n) is 5.56. The van der Waals surface area contributed by atoms with E-state index in [0.717, 1.165) is 32.0 Å². The van der Waals surface area contributed by atoms with Crippen LogP contribution in [0.3, 0.4) is 0 Å². The van der Waals surface area contributed by atoms with E-state index in [0.29, 0.717) is 12.8 Å². The number of amides is 1. The maximum absolute atomic E-state index is 13.0. The molecule has 2 fully saturated rings. The van der Waals surface area contributed by atoms with Crippen LogP contribution in [-0.4, -0.2) is 71.1 Å². The molecule has 0 bridgehead atoms.